The molecule has 0 aromatic heterocycles. The third-order valence-corrected chi connectivity index (χ3v) is 3.06. The zero-order chi connectivity index (χ0) is 15.6. The number of rotatable bonds is 3. The second-order valence-corrected chi connectivity index (χ2v) is 5.72. The fraction of sp³-hybridized carbons (Fsp3) is 0.250. The van der Waals surface area contributed by atoms with Crippen molar-refractivity contribution >= 4 is 5.69 Å². The molecule has 0 N–H and O–H groups in total. The molecule has 0 fully saturated rings. The van der Waals surface area contributed by atoms with Gasteiger partial charge in [-0.05, 0) is 35.2 Å². The number of para-hydroxylation sites is 1. The van der Waals surface area contributed by atoms with Crippen LogP contribution in [-0.4, -0.2) is 4.92 Å². The van der Waals surface area contributed by atoms with Gasteiger partial charge in [0.15, 0.2) is 0 Å². The Hall–Kier alpha value is -2.43. The van der Waals surface area contributed by atoms with Crippen molar-refractivity contribution in [1.82, 2.24) is 0 Å². The molecule has 0 heterocycles. The van der Waals surface area contributed by atoms with Crippen LogP contribution in [0.5, 0.6) is 11.5 Å². The number of benzene rings is 2. The minimum atomic E-state index is -0.913. The van der Waals surface area contributed by atoms with E-state index in [1.54, 1.807) is 18.2 Å². The molecule has 0 saturated carbocycles. The number of hydrogen-bond donors (Lipinski definition) is 0. The van der Waals surface area contributed by atoms with Crippen molar-refractivity contribution in [2.45, 2.75) is 26.2 Å². The maximum absolute atomic E-state index is 13.6. The van der Waals surface area contributed by atoms with Gasteiger partial charge in [0.2, 0.25) is 11.6 Å². The predicted octanol–water partition coefficient (Wildman–Crippen LogP) is 4.82. The summed E-state index contributed by atoms with van der Waals surface area (Å²) in [6.07, 6.45) is 0. The molecule has 2 aromatic carbocycles. The Morgan fingerprint density at radius 3 is 2.43 bits per heavy atom. The fourth-order valence-corrected chi connectivity index (χ4v) is 1.91. The second-order valence-electron chi connectivity index (χ2n) is 5.72. The molecular formula is C16H16FNO3. The SMILES string of the molecule is CC(C)(C)c1cccc(Oc2cccc(F)c2[N+](=O)[O-])c1. The molecule has 2 rings (SSSR count). The smallest absolute Gasteiger partial charge is 0.346 e. The monoisotopic (exact) mass is 289 g/mol. The number of nitro benzene ring substituents is 1. The van der Waals surface area contributed by atoms with Gasteiger partial charge in [0, 0.05) is 0 Å². The van der Waals surface area contributed by atoms with Gasteiger partial charge in [-0.25, -0.2) is 0 Å². The molecule has 0 saturated heterocycles. The van der Waals surface area contributed by atoms with Gasteiger partial charge in [0.25, 0.3) is 0 Å². The first kappa shape index (κ1) is 15.0. The highest BCUT2D eigenvalue weighted by Gasteiger charge is 2.22. The van der Waals surface area contributed by atoms with Crippen LogP contribution in [0, 0.1) is 15.9 Å². The second kappa shape index (κ2) is 5.52. The molecular weight excluding hydrogens is 273 g/mol. The van der Waals surface area contributed by atoms with Crippen molar-refractivity contribution in [1.29, 1.82) is 0 Å². The molecule has 0 unspecified atom stereocenters. The van der Waals surface area contributed by atoms with Crippen LogP contribution in [-0.2, 0) is 5.41 Å². The molecule has 4 nitrogen and oxygen atoms in total. The first-order valence-electron chi connectivity index (χ1n) is 6.50. The zero-order valence-electron chi connectivity index (χ0n) is 12.1. The molecule has 5 heteroatoms. The van der Waals surface area contributed by atoms with E-state index in [1.165, 1.54) is 12.1 Å². The largest absolute Gasteiger partial charge is 0.450 e. The summed E-state index contributed by atoms with van der Waals surface area (Å²) in [5, 5.41) is 10.9. The highest BCUT2D eigenvalue weighted by molar-refractivity contribution is 5.49. The van der Waals surface area contributed by atoms with Gasteiger partial charge in [-0.2, -0.15) is 4.39 Å². The van der Waals surface area contributed by atoms with Gasteiger partial charge < -0.3 is 4.74 Å². The summed E-state index contributed by atoms with van der Waals surface area (Å²) >= 11 is 0. The lowest BCUT2D eigenvalue weighted by Gasteiger charge is -2.19. The van der Waals surface area contributed by atoms with Crippen LogP contribution in [0.1, 0.15) is 26.3 Å². The molecule has 0 spiro atoms. The molecule has 0 aliphatic rings. The Labute approximate surface area is 122 Å². The van der Waals surface area contributed by atoms with E-state index in [2.05, 4.69) is 20.8 Å². The number of ether oxygens (including phenoxy) is 1. The third kappa shape index (κ3) is 3.37. The average Bonchev–Trinajstić information content (AvgIpc) is 2.37. The van der Waals surface area contributed by atoms with Crippen LogP contribution in [0.2, 0.25) is 0 Å². The van der Waals surface area contributed by atoms with Crippen LogP contribution < -0.4 is 4.74 Å². The molecule has 0 bridgehead atoms. The molecule has 0 atom stereocenters. The summed E-state index contributed by atoms with van der Waals surface area (Å²) in [7, 11) is 0. The van der Waals surface area contributed by atoms with Crippen LogP contribution in [0.25, 0.3) is 0 Å². The zero-order valence-corrected chi connectivity index (χ0v) is 12.1. The topological polar surface area (TPSA) is 52.4 Å². The Balaban J connectivity index is 2.40. The van der Waals surface area contributed by atoms with E-state index in [0.717, 1.165) is 11.6 Å². The maximum Gasteiger partial charge on any atom is 0.346 e. The summed E-state index contributed by atoms with van der Waals surface area (Å²) in [5.41, 5.74) is 0.297. The lowest BCUT2D eigenvalue weighted by atomic mass is 9.87. The molecule has 2 aromatic rings. The summed E-state index contributed by atoms with van der Waals surface area (Å²) in [4.78, 5) is 10.2. The van der Waals surface area contributed by atoms with Crippen molar-refractivity contribution in [2.75, 3.05) is 0 Å². The summed E-state index contributed by atoms with van der Waals surface area (Å²) in [5.74, 6) is -0.577. The van der Waals surface area contributed by atoms with E-state index in [0.29, 0.717) is 5.75 Å². The molecule has 110 valence electrons. The minimum Gasteiger partial charge on any atom is -0.450 e. The number of nitro groups is 1. The molecule has 0 radical (unpaired) electrons. The van der Waals surface area contributed by atoms with Gasteiger partial charge in [0.05, 0.1) is 4.92 Å². The van der Waals surface area contributed by atoms with Crippen molar-refractivity contribution in [3.63, 3.8) is 0 Å². The van der Waals surface area contributed by atoms with Crippen LogP contribution >= 0.6 is 0 Å². The first-order chi connectivity index (χ1) is 9.79. The van der Waals surface area contributed by atoms with Crippen molar-refractivity contribution in [2.24, 2.45) is 0 Å². The maximum atomic E-state index is 13.6. The van der Waals surface area contributed by atoms with Crippen molar-refractivity contribution < 1.29 is 14.1 Å². The highest BCUT2D eigenvalue weighted by Crippen LogP contribution is 2.34. The van der Waals surface area contributed by atoms with E-state index < -0.39 is 16.4 Å². The molecule has 0 aliphatic heterocycles. The highest BCUT2D eigenvalue weighted by atomic mass is 19.1. The predicted molar refractivity (Wildman–Crippen MR) is 78.3 cm³/mol. The lowest BCUT2D eigenvalue weighted by Crippen LogP contribution is -2.10. The Bertz CT molecular complexity index is 677. The van der Waals surface area contributed by atoms with E-state index in [1.807, 2.05) is 6.07 Å². The van der Waals surface area contributed by atoms with Gasteiger partial charge in [0.1, 0.15) is 5.75 Å². The normalized spacial score (nSPS) is 11.2. The van der Waals surface area contributed by atoms with Gasteiger partial charge in [-0.1, -0.05) is 39.0 Å². The number of nitrogens with zero attached hydrogens (tertiary/aromatic N) is 1. The standard InChI is InChI=1S/C16H16FNO3/c1-16(2,3)11-6-4-7-12(10-11)21-14-9-5-8-13(17)15(14)18(19)20/h4-10H,1-3H3. The van der Waals surface area contributed by atoms with Crippen molar-refractivity contribution in [3.05, 3.63) is 64.0 Å². The van der Waals surface area contributed by atoms with Crippen LogP contribution in [0.3, 0.4) is 0 Å². The molecule has 0 amide bonds. The Morgan fingerprint density at radius 1 is 1.14 bits per heavy atom. The lowest BCUT2D eigenvalue weighted by molar-refractivity contribution is -0.388. The Morgan fingerprint density at radius 2 is 1.81 bits per heavy atom. The van der Waals surface area contributed by atoms with Crippen LogP contribution in [0.4, 0.5) is 10.1 Å². The number of hydrogen-bond acceptors (Lipinski definition) is 3. The molecule has 21 heavy (non-hydrogen) atoms. The third-order valence-electron chi connectivity index (χ3n) is 3.06. The van der Waals surface area contributed by atoms with Gasteiger partial charge >= 0.3 is 5.69 Å². The quantitative estimate of drug-likeness (QED) is 0.601. The van der Waals surface area contributed by atoms with Gasteiger partial charge in [-0.3, -0.25) is 10.1 Å². The Kier molecular flexibility index (Phi) is 3.93. The van der Waals surface area contributed by atoms with E-state index in [9.17, 15) is 14.5 Å². The van der Waals surface area contributed by atoms with E-state index in [-0.39, 0.29) is 11.2 Å². The minimum absolute atomic E-state index is 0.0761. The molecule has 0 aliphatic carbocycles. The average molecular weight is 289 g/mol. The van der Waals surface area contributed by atoms with Crippen molar-refractivity contribution in [3.8, 4) is 11.5 Å². The van der Waals surface area contributed by atoms with Crippen LogP contribution in [0.15, 0.2) is 42.5 Å². The summed E-state index contributed by atoms with van der Waals surface area (Å²) in [6, 6.07) is 11.0. The number of halogens is 1. The van der Waals surface area contributed by atoms with E-state index >= 15 is 0 Å². The summed E-state index contributed by atoms with van der Waals surface area (Å²) in [6.45, 7) is 6.16. The fourth-order valence-electron chi connectivity index (χ4n) is 1.91. The summed E-state index contributed by atoms with van der Waals surface area (Å²) < 4.78 is 19.1. The van der Waals surface area contributed by atoms with E-state index in [4.69, 9.17) is 4.74 Å². The first-order valence-corrected chi connectivity index (χ1v) is 6.50. The van der Waals surface area contributed by atoms with Gasteiger partial charge in [-0.15, -0.1) is 0 Å².